The van der Waals surface area contributed by atoms with Crippen LogP contribution in [0.1, 0.15) is 23.4 Å². The van der Waals surface area contributed by atoms with E-state index in [1.54, 1.807) is 29.4 Å². The summed E-state index contributed by atoms with van der Waals surface area (Å²) in [5.41, 5.74) is 2.49. The molecule has 1 saturated heterocycles. The largest absolute Gasteiger partial charge is 0.338 e. The molecule has 1 aliphatic rings. The number of aromatic nitrogens is 2. The highest BCUT2D eigenvalue weighted by Gasteiger charge is 2.32. The second-order valence-electron chi connectivity index (χ2n) is 6.53. The van der Waals surface area contributed by atoms with Crippen molar-refractivity contribution in [3.05, 3.63) is 59.4 Å². The van der Waals surface area contributed by atoms with Gasteiger partial charge in [-0.2, -0.15) is 0 Å². The Morgan fingerprint density at radius 3 is 2.81 bits per heavy atom. The molecule has 142 valence electrons. The second kappa shape index (κ2) is 8.57. The first-order valence-corrected chi connectivity index (χ1v) is 8.86. The molecule has 3 rings (SSSR count). The lowest BCUT2D eigenvalue weighted by molar-refractivity contribution is -0.129. The third-order valence-corrected chi connectivity index (χ3v) is 4.36. The molecular weight excluding hydrogens is 349 g/mol. The molecule has 2 heterocycles. The summed E-state index contributed by atoms with van der Waals surface area (Å²) in [5.74, 6) is -0.432. The van der Waals surface area contributed by atoms with Gasteiger partial charge < -0.3 is 15.5 Å². The molecule has 0 bridgehead atoms. The minimum atomic E-state index is -0.538. The normalized spacial score (nSPS) is 16.4. The number of carbonyl (C=O) groups is 2. The number of urea groups is 1. The van der Waals surface area contributed by atoms with Crippen LogP contribution in [0.2, 0.25) is 0 Å². The molecule has 7 nitrogen and oxygen atoms in total. The van der Waals surface area contributed by atoms with Crippen molar-refractivity contribution in [2.24, 2.45) is 0 Å². The van der Waals surface area contributed by atoms with Crippen molar-refractivity contribution < 1.29 is 14.0 Å². The fourth-order valence-corrected chi connectivity index (χ4v) is 2.99. The Hall–Kier alpha value is -3.03. The number of nitrogens with zero attached hydrogens (tertiary/aromatic N) is 3. The third-order valence-electron chi connectivity index (χ3n) is 4.36. The van der Waals surface area contributed by atoms with Crippen molar-refractivity contribution in [2.45, 2.75) is 32.4 Å². The molecule has 2 aromatic rings. The van der Waals surface area contributed by atoms with Gasteiger partial charge >= 0.3 is 6.03 Å². The van der Waals surface area contributed by atoms with Crippen LogP contribution in [0.4, 0.5) is 9.18 Å². The number of benzene rings is 1. The van der Waals surface area contributed by atoms with Crippen molar-refractivity contribution in [2.75, 3.05) is 13.1 Å². The zero-order valence-corrected chi connectivity index (χ0v) is 15.1. The lowest BCUT2D eigenvalue weighted by Crippen LogP contribution is -2.46. The van der Waals surface area contributed by atoms with Crippen molar-refractivity contribution >= 4 is 11.9 Å². The summed E-state index contributed by atoms with van der Waals surface area (Å²) in [5, 5.41) is 5.45. The number of nitrogens with one attached hydrogen (secondary N) is 2. The summed E-state index contributed by atoms with van der Waals surface area (Å²) in [6, 6.07) is 5.14. The van der Waals surface area contributed by atoms with Crippen molar-refractivity contribution in [3.63, 3.8) is 0 Å². The van der Waals surface area contributed by atoms with E-state index < -0.39 is 6.04 Å². The molecule has 0 spiro atoms. The Bertz CT molecular complexity index is 812. The van der Waals surface area contributed by atoms with Crippen molar-refractivity contribution in [1.82, 2.24) is 25.5 Å². The number of halogens is 1. The lowest BCUT2D eigenvalue weighted by atomic mass is 10.2. The van der Waals surface area contributed by atoms with E-state index in [9.17, 15) is 14.0 Å². The Kier molecular flexibility index (Phi) is 5.95. The van der Waals surface area contributed by atoms with Crippen LogP contribution >= 0.6 is 0 Å². The van der Waals surface area contributed by atoms with Crippen LogP contribution < -0.4 is 10.6 Å². The van der Waals surface area contributed by atoms with Crippen LogP contribution in [0.3, 0.4) is 0 Å². The van der Waals surface area contributed by atoms with Crippen molar-refractivity contribution in [3.8, 4) is 0 Å². The molecule has 0 radical (unpaired) electrons. The van der Waals surface area contributed by atoms with Gasteiger partial charge in [-0.25, -0.2) is 9.18 Å². The van der Waals surface area contributed by atoms with Gasteiger partial charge in [0.2, 0.25) is 5.91 Å². The van der Waals surface area contributed by atoms with E-state index in [-0.39, 0.29) is 17.8 Å². The van der Waals surface area contributed by atoms with Crippen LogP contribution in [-0.2, 0) is 17.8 Å². The Balaban J connectivity index is 1.43. The number of amides is 3. The Morgan fingerprint density at radius 2 is 2.07 bits per heavy atom. The van der Waals surface area contributed by atoms with Gasteiger partial charge in [0.15, 0.2) is 0 Å². The number of hydrogen-bond donors (Lipinski definition) is 2. The third kappa shape index (κ3) is 5.22. The first-order valence-electron chi connectivity index (χ1n) is 8.86. The molecule has 1 fully saturated rings. The molecule has 1 unspecified atom stereocenters. The molecule has 1 atom stereocenters. The van der Waals surface area contributed by atoms with Gasteiger partial charge in [0.25, 0.3) is 0 Å². The summed E-state index contributed by atoms with van der Waals surface area (Å²) >= 11 is 0. The standard InChI is InChI=1S/C19H22FN5O2/c1-13-10-21-11-16(23-13)6-8-22-19(27)24-17-7-9-25(18(17)26)12-14-2-4-15(20)5-3-14/h2-5,10-11,17H,6-9,12H2,1H3,(H2,22,24,27). The van der Waals surface area contributed by atoms with E-state index in [0.29, 0.717) is 32.5 Å². The molecular formula is C19H22FN5O2. The number of aryl methyl sites for hydroxylation is 1. The number of rotatable bonds is 6. The van der Waals surface area contributed by atoms with Crippen LogP contribution in [-0.4, -0.2) is 45.9 Å². The van der Waals surface area contributed by atoms with Gasteiger partial charge in [0, 0.05) is 38.4 Å². The monoisotopic (exact) mass is 371 g/mol. The number of hydrogen-bond acceptors (Lipinski definition) is 4. The summed E-state index contributed by atoms with van der Waals surface area (Å²) in [6.45, 7) is 3.23. The summed E-state index contributed by atoms with van der Waals surface area (Å²) in [4.78, 5) is 34.5. The molecule has 0 saturated carbocycles. The van der Waals surface area contributed by atoms with Gasteiger partial charge in [0.05, 0.1) is 11.4 Å². The average Bonchev–Trinajstić information content (AvgIpc) is 2.97. The van der Waals surface area contributed by atoms with Gasteiger partial charge in [-0.05, 0) is 31.0 Å². The highest BCUT2D eigenvalue weighted by atomic mass is 19.1. The van der Waals surface area contributed by atoms with Crippen LogP contribution in [0.15, 0.2) is 36.7 Å². The minimum absolute atomic E-state index is 0.126. The Morgan fingerprint density at radius 1 is 1.30 bits per heavy atom. The zero-order chi connectivity index (χ0) is 19.2. The molecule has 0 aliphatic carbocycles. The van der Waals surface area contributed by atoms with E-state index in [1.165, 1.54) is 12.1 Å². The van der Waals surface area contributed by atoms with Gasteiger partial charge in [-0.1, -0.05) is 12.1 Å². The molecule has 1 aliphatic heterocycles. The van der Waals surface area contributed by atoms with Crippen LogP contribution in [0, 0.1) is 12.7 Å². The topological polar surface area (TPSA) is 87.2 Å². The van der Waals surface area contributed by atoms with Gasteiger partial charge in [0.1, 0.15) is 11.9 Å². The Labute approximate surface area is 157 Å². The smallest absolute Gasteiger partial charge is 0.315 e. The quantitative estimate of drug-likeness (QED) is 0.807. The summed E-state index contributed by atoms with van der Waals surface area (Å²) < 4.78 is 13.0. The second-order valence-corrected chi connectivity index (χ2v) is 6.53. The maximum absolute atomic E-state index is 13.0. The maximum atomic E-state index is 13.0. The van der Waals surface area contributed by atoms with Crippen LogP contribution in [0.5, 0.6) is 0 Å². The zero-order valence-electron chi connectivity index (χ0n) is 15.1. The molecule has 8 heteroatoms. The van der Waals surface area contributed by atoms with E-state index in [4.69, 9.17) is 0 Å². The van der Waals surface area contributed by atoms with Crippen molar-refractivity contribution in [1.29, 1.82) is 0 Å². The predicted molar refractivity (Wildman–Crippen MR) is 97.2 cm³/mol. The van der Waals surface area contributed by atoms with Crippen LogP contribution in [0.25, 0.3) is 0 Å². The molecule has 27 heavy (non-hydrogen) atoms. The number of carbonyl (C=O) groups excluding carboxylic acids is 2. The van der Waals surface area contributed by atoms with E-state index in [2.05, 4.69) is 20.6 Å². The predicted octanol–water partition coefficient (Wildman–Crippen LogP) is 1.57. The molecule has 3 amide bonds. The fraction of sp³-hybridized carbons (Fsp3) is 0.368. The average molecular weight is 371 g/mol. The fourth-order valence-electron chi connectivity index (χ4n) is 2.99. The molecule has 2 N–H and O–H groups in total. The molecule has 1 aromatic heterocycles. The number of likely N-dealkylation sites (tertiary alicyclic amines) is 1. The van der Waals surface area contributed by atoms with E-state index >= 15 is 0 Å². The lowest BCUT2D eigenvalue weighted by Gasteiger charge is -2.17. The highest BCUT2D eigenvalue weighted by molar-refractivity contribution is 5.88. The van der Waals surface area contributed by atoms with E-state index in [1.807, 2.05) is 6.92 Å². The first kappa shape index (κ1) is 18.8. The molecule has 1 aromatic carbocycles. The maximum Gasteiger partial charge on any atom is 0.315 e. The van der Waals surface area contributed by atoms with Gasteiger partial charge in [-0.3, -0.25) is 14.8 Å². The minimum Gasteiger partial charge on any atom is -0.338 e. The van der Waals surface area contributed by atoms with E-state index in [0.717, 1.165) is 17.0 Å². The van der Waals surface area contributed by atoms with Gasteiger partial charge in [-0.15, -0.1) is 0 Å². The first-order chi connectivity index (χ1) is 13.0. The SMILES string of the molecule is Cc1cncc(CCNC(=O)NC2CCN(Cc3ccc(F)cc3)C2=O)n1. The summed E-state index contributed by atoms with van der Waals surface area (Å²) in [7, 11) is 0. The summed E-state index contributed by atoms with van der Waals surface area (Å²) in [6.07, 6.45) is 4.46. The highest BCUT2D eigenvalue weighted by Crippen LogP contribution is 2.15.